The fourth-order valence-corrected chi connectivity index (χ4v) is 3.58. The van der Waals surface area contributed by atoms with Crippen molar-refractivity contribution in [1.82, 2.24) is 10.6 Å². The van der Waals surface area contributed by atoms with Gasteiger partial charge < -0.3 is 24.8 Å². The van der Waals surface area contributed by atoms with Crippen LogP contribution in [-0.4, -0.2) is 53.0 Å². The number of benzene rings is 1. The molecule has 0 amide bonds. The molecule has 0 aliphatic heterocycles. The molecule has 0 unspecified atom stereocenters. The molecule has 0 heterocycles. The molecule has 1 aliphatic rings. The lowest BCUT2D eigenvalue weighted by molar-refractivity contribution is 0.0732. The van der Waals surface area contributed by atoms with Crippen molar-refractivity contribution in [2.75, 3.05) is 47.1 Å². The molecule has 29 heavy (non-hydrogen) atoms. The van der Waals surface area contributed by atoms with Gasteiger partial charge in [-0.2, -0.15) is 0 Å². The van der Waals surface area contributed by atoms with Crippen molar-refractivity contribution in [3.05, 3.63) is 23.8 Å². The molecular weight excluding hydrogens is 481 g/mol. The van der Waals surface area contributed by atoms with Crippen molar-refractivity contribution >= 4 is 29.9 Å². The molecule has 0 atom stereocenters. The maximum absolute atomic E-state index is 5.71. The predicted molar refractivity (Wildman–Crippen MR) is 130 cm³/mol. The SMILES string of the molecule is CCOc1ccc(CCNC(=NC)NCC2(CCOC)CCC2)cc1OCC.I. The van der Waals surface area contributed by atoms with Crippen molar-refractivity contribution in [3.8, 4) is 11.5 Å². The van der Waals surface area contributed by atoms with Crippen LogP contribution in [0.15, 0.2) is 23.2 Å². The normalized spacial score (nSPS) is 15.1. The summed E-state index contributed by atoms with van der Waals surface area (Å²) in [7, 11) is 3.60. The van der Waals surface area contributed by atoms with Gasteiger partial charge in [0.05, 0.1) is 13.2 Å². The molecule has 1 aromatic rings. The molecule has 1 aliphatic carbocycles. The van der Waals surface area contributed by atoms with E-state index in [9.17, 15) is 0 Å². The lowest BCUT2D eigenvalue weighted by Gasteiger charge is -2.42. The number of hydrogen-bond donors (Lipinski definition) is 2. The number of aliphatic imine (C=N–C) groups is 1. The van der Waals surface area contributed by atoms with Gasteiger partial charge in [0, 0.05) is 33.9 Å². The highest BCUT2D eigenvalue weighted by Gasteiger charge is 2.36. The minimum absolute atomic E-state index is 0. The lowest BCUT2D eigenvalue weighted by Crippen LogP contribution is -2.47. The van der Waals surface area contributed by atoms with Crippen LogP contribution in [0, 0.1) is 5.41 Å². The fraction of sp³-hybridized carbons (Fsp3) is 0.682. The van der Waals surface area contributed by atoms with Crippen molar-refractivity contribution in [3.63, 3.8) is 0 Å². The van der Waals surface area contributed by atoms with Gasteiger partial charge in [0.2, 0.25) is 0 Å². The van der Waals surface area contributed by atoms with Gasteiger partial charge in [-0.05, 0) is 62.6 Å². The highest BCUT2D eigenvalue weighted by molar-refractivity contribution is 14.0. The van der Waals surface area contributed by atoms with Crippen molar-refractivity contribution in [2.24, 2.45) is 10.4 Å². The van der Waals surface area contributed by atoms with Gasteiger partial charge in [-0.25, -0.2) is 0 Å². The molecule has 2 N–H and O–H groups in total. The third-order valence-corrected chi connectivity index (χ3v) is 5.42. The summed E-state index contributed by atoms with van der Waals surface area (Å²) in [6.07, 6.45) is 5.86. The van der Waals surface area contributed by atoms with Gasteiger partial charge in [0.15, 0.2) is 17.5 Å². The summed E-state index contributed by atoms with van der Waals surface area (Å²) < 4.78 is 16.6. The highest BCUT2D eigenvalue weighted by atomic mass is 127. The summed E-state index contributed by atoms with van der Waals surface area (Å²) in [6.45, 7) is 7.82. The minimum atomic E-state index is 0. The smallest absolute Gasteiger partial charge is 0.191 e. The van der Waals surface area contributed by atoms with E-state index in [4.69, 9.17) is 14.2 Å². The number of nitrogens with one attached hydrogen (secondary N) is 2. The number of nitrogens with zero attached hydrogens (tertiary/aromatic N) is 1. The Bertz CT molecular complexity index is 621. The van der Waals surface area contributed by atoms with Crippen molar-refractivity contribution < 1.29 is 14.2 Å². The number of hydrogen-bond acceptors (Lipinski definition) is 4. The van der Waals surface area contributed by atoms with E-state index in [0.717, 1.165) is 50.0 Å². The van der Waals surface area contributed by atoms with Gasteiger partial charge in [0.1, 0.15) is 0 Å². The molecule has 1 fully saturated rings. The van der Waals surface area contributed by atoms with E-state index in [0.29, 0.717) is 18.6 Å². The number of ether oxygens (including phenoxy) is 3. The lowest BCUT2D eigenvalue weighted by atomic mass is 9.67. The average molecular weight is 519 g/mol. The van der Waals surface area contributed by atoms with Gasteiger partial charge in [-0.1, -0.05) is 12.5 Å². The predicted octanol–water partition coefficient (Wildman–Crippen LogP) is 4.02. The molecule has 166 valence electrons. The Morgan fingerprint density at radius 1 is 1.10 bits per heavy atom. The molecule has 0 saturated heterocycles. The first-order valence-corrected chi connectivity index (χ1v) is 10.5. The first-order valence-electron chi connectivity index (χ1n) is 10.5. The Labute approximate surface area is 193 Å². The molecule has 7 heteroatoms. The maximum Gasteiger partial charge on any atom is 0.191 e. The Kier molecular flexibility index (Phi) is 12.4. The number of halogens is 1. The Hall–Kier alpha value is -1.22. The average Bonchev–Trinajstić information content (AvgIpc) is 2.67. The molecule has 1 aromatic carbocycles. The van der Waals surface area contributed by atoms with Gasteiger partial charge in [0.25, 0.3) is 0 Å². The van der Waals surface area contributed by atoms with Crippen LogP contribution in [0.4, 0.5) is 0 Å². The summed E-state index contributed by atoms with van der Waals surface area (Å²) in [6, 6.07) is 6.16. The summed E-state index contributed by atoms with van der Waals surface area (Å²) in [5.74, 6) is 2.48. The number of guanidine groups is 1. The van der Waals surface area contributed by atoms with Crippen LogP contribution in [0.2, 0.25) is 0 Å². The second-order valence-corrected chi connectivity index (χ2v) is 7.35. The fourth-order valence-electron chi connectivity index (χ4n) is 3.58. The van der Waals surface area contributed by atoms with Crippen LogP contribution in [0.3, 0.4) is 0 Å². The Morgan fingerprint density at radius 3 is 2.41 bits per heavy atom. The van der Waals surface area contributed by atoms with Crippen LogP contribution >= 0.6 is 24.0 Å². The van der Waals surface area contributed by atoms with E-state index >= 15 is 0 Å². The van der Waals surface area contributed by atoms with E-state index in [2.05, 4.69) is 27.8 Å². The van der Waals surface area contributed by atoms with Crippen LogP contribution in [0.5, 0.6) is 11.5 Å². The van der Waals surface area contributed by atoms with Crippen LogP contribution in [0.1, 0.15) is 45.1 Å². The third-order valence-electron chi connectivity index (χ3n) is 5.42. The number of rotatable bonds is 12. The van der Waals surface area contributed by atoms with Crippen LogP contribution in [-0.2, 0) is 11.2 Å². The van der Waals surface area contributed by atoms with E-state index in [-0.39, 0.29) is 24.0 Å². The van der Waals surface area contributed by atoms with E-state index in [1.807, 2.05) is 27.0 Å². The Balaban J connectivity index is 0.00000420. The zero-order chi connectivity index (χ0) is 20.2. The molecule has 0 spiro atoms. The summed E-state index contributed by atoms with van der Waals surface area (Å²) in [4.78, 5) is 4.36. The third kappa shape index (κ3) is 8.20. The zero-order valence-corrected chi connectivity index (χ0v) is 20.7. The quantitative estimate of drug-likeness (QED) is 0.248. The standard InChI is InChI=1S/C22H37N3O3.HI/c1-5-27-19-9-8-18(16-20(19)28-6-2)10-14-24-21(23-3)25-17-22(11-7-12-22)13-15-26-4;/h8-9,16H,5-7,10-15,17H2,1-4H3,(H2,23,24,25);1H. The summed E-state index contributed by atoms with van der Waals surface area (Å²) in [5.41, 5.74) is 1.58. The minimum Gasteiger partial charge on any atom is -0.490 e. The first-order chi connectivity index (χ1) is 13.7. The van der Waals surface area contributed by atoms with Crippen LogP contribution in [0.25, 0.3) is 0 Å². The Morgan fingerprint density at radius 2 is 1.83 bits per heavy atom. The molecule has 0 bridgehead atoms. The van der Waals surface area contributed by atoms with Crippen molar-refractivity contribution in [1.29, 1.82) is 0 Å². The molecular formula is C22H38IN3O3. The van der Waals surface area contributed by atoms with E-state index in [1.54, 1.807) is 7.11 Å². The zero-order valence-electron chi connectivity index (χ0n) is 18.4. The summed E-state index contributed by atoms with van der Waals surface area (Å²) >= 11 is 0. The van der Waals surface area contributed by atoms with Crippen LogP contribution < -0.4 is 20.1 Å². The maximum atomic E-state index is 5.71. The summed E-state index contributed by atoms with van der Waals surface area (Å²) in [5, 5.41) is 6.93. The van der Waals surface area contributed by atoms with Gasteiger partial charge in [-0.3, -0.25) is 4.99 Å². The van der Waals surface area contributed by atoms with E-state index in [1.165, 1.54) is 24.8 Å². The first kappa shape index (κ1) is 25.8. The van der Waals surface area contributed by atoms with Gasteiger partial charge >= 0.3 is 0 Å². The second kappa shape index (κ2) is 13.9. The molecule has 2 rings (SSSR count). The molecule has 0 aromatic heterocycles. The molecule has 0 radical (unpaired) electrons. The second-order valence-electron chi connectivity index (χ2n) is 7.35. The van der Waals surface area contributed by atoms with Gasteiger partial charge in [-0.15, -0.1) is 24.0 Å². The van der Waals surface area contributed by atoms with Crippen molar-refractivity contribution in [2.45, 2.75) is 46.0 Å². The monoisotopic (exact) mass is 519 g/mol. The topological polar surface area (TPSA) is 64.1 Å². The van der Waals surface area contributed by atoms with E-state index < -0.39 is 0 Å². The highest BCUT2D eigenvalue weighted by Crippen LogP contribution is 2.43. The largest absolute Gasteiger partial charge is 0.490 e. The molecule has 1 saturated carbocycles. The number of methoxy groups -OCH3 is 1. The molecule has 6 nitrogen and oxygen atoms in total.